The number of benzene rings is 2. The zero-order valence-electron chi connectivity index (χ0n) is 14.6. The van der Waals surface area contributed by atoms with Gasteiger partial charge in [-0.1, -0.05) is 24.4 Å². The highest BCUT2D eigenvalue weighted by atomic mass is 35.5. The van der Waals surface area contributed by atoms with E-state index in [4.69, 9.17) is 11.6 Å². The van der Waals surface area contributed by atoms with Gasteiger partial charge in [-0.2, -0.15) is 4.31 Å². The highest BCUT2D eigenvalue weighted by Crippen LogP contribution is 2.24. The van der Waals surface area contributed by atoms with Crippen molar-refractivity contribution in [1.82, 2.24) is 4.31 Å². The number of nitrogens with one attached hydrogen (secondary N) is 1. The summed E-state index contributed by atoms with van der Waals surface area (Å²) in [5.41, 5.74) is 0.241. The SMILES string of the molecule is O=C(Nc1ccc(S(=O)(=O)N2CCCCCC2)cc1F)c1ccc(Cl)cc1. The van der Waals surface area contributed by atoms with Gasteiger partial charge in [0.25, 0.3) is 5.91 Å². The van der Waals surface area contributed by atoms with Gasteiger partial charge in [0.1, 0.15) is 5.82 Å². The van der Waals surface area contributed by atoms with Gasteiger partial charge in [0.05, 0.1) is 10.6 Å². The lowest BCUT2D eigenvalue weighted by molar-refractivity contribution is 0.102. The third kappa shape index (κ3) is 4.66. The summed E-state index contributed by atoms with van der Waals surface area (Å²) in [6, 6.07) is 9.71. The molecule has 1 amide bonds. The lowest BCUT2D eigenvalue weighted by Gasteiger charge is -2.20. The second kappa shape index (κ2) is 8.37. The number of carbonyl (C=O) groups excluding carboxylic acids is 1. The highest BCUT2D eigenvalue weighted by molar-refractivity contribution is 7.89. The van der Waals surface area contributed by atoms with E-state index in [9.17, 15) is 17.6 Å². The molecule has 2 aromatic rings. The van der Waals surface area contributed by atoms with Crippen LogP contribution in [-0.2, 0) is 10.0 Å². The minimum atomic E-state index is -3.74. The first-order valence-corrected chi connectivity index (χ1v) is 10.6. The summed E-state index contributed by atoms with van der Waals surface area (Å²) in [6.45, 7) is 0.887. The first-order valence-electron chi connectivity index (χ1n) is 8.74. The van der Waals surface area contributed by atoms with Crippen LogP contribution in [0.3, 0.4) is 0 Å². The van der Waals surface area contributed by atoms with Crippen LogP contribution in [0.1, 0.15) is 36.0 Å². The summed E-state index contributed by atoms with van der Waals surface area (Å²) in [5.74, 6) is -1.30. The summed E-state index contributed by atoms with van der Waals surface area (Å²) in [5, 5.41) is 2.94. The molecule has 1 aliphatic rings. The normalized spacial score (nSPS) is 15.9. The van der Waals surface area contributed by atoms with Gasteiger partial charge in [-0.05, 0) is 55.3 Å². The van der Waals surface area contributed by atoms with Gasteiger partial charge < -0.3 is 5.32 Å². The molecule has 1 aliphatic heterocycles. The lowest BCUT2D eigenvalue weighted by Crippen LogP contribution is -2.32. The minimum absolute atomic E-state index is 0.0789. The van der Waals surface area contributed by atoms with Crippen LogP contribution in [0.25, 0.3) is 0 Å². The van der Waals surface area contributed by atoms with Gasteiger partial charge in [-0.25, -0.2) is 12.8 Å². The van der Waals surface area contributed by atoms with Crippen molar-refractivity contribution in [2.24, 2.45) is 0 Å². The molecule has 0 atom stereocenters. The van der Waals surface area contributed by atoms with Gasteiger partial charge in [0.2, 0.25) is 10.0 Å². The van der Waals surface area contributed by atoms with Crippen molar-refractivity contribution in [2.75, 3.05) is 18.4 Å². The molecule has 27 heavy (non-hydrogen) atoms. The number of rotatable bonds is 4. The molecule has 5 nitrogen and oxygen atoms in total. The molecule has 0 radical (unpaired) electrons. The Kier molecular flexibility index (Phi) is 6.14. The van der Waals surface area contributed by atoms with E-state index in [1.807, 2.05) is 0 Å². The highest BCUT2D eigenvalue weighted by Gasteiger charge is 2.26. The molecule has 0 saturated carbocycles. The van der Waals surface area contributed by atoms with Crippen LogP contribution in [0.15, 0.2) is 47.4 Å². The van der Waals surface area contributed by atoms with E-state index in [1.165, 1.54) is 28.6 Å². The molecule has 1 heterocycles. The molecule has 2 aromatic carbocycles. The molecule has 1 N–H and O–H groups in total. The van der Waals surface area contributed by atoms with Crippen LogP contribution in [-0.4, -0.2) is 31.7 Å². The topological polar surface area (TPSA) is 66.5 Å². The first kappa shape index (κ1) is 19.8. The number of hydrogen-bond acceptors (Lipinski definition) is 3. The maximum Gasteiger partial charge on any atom is 0.255 e. The molecular weight excluding hydrogens is 391 g/mol. The average Bonchev–Trinajstić information content (AvgIpc) is 2.94. The minimum Gasteiger partial charge on any atom is -0.319 e. The number of nitrogens with zero attached hydrogens (tertiary/aromatic N) is 1. The van der Waals surface area contributed by atoms with E-state index in [1.54, 1.807) is 12.1 Å². The second-order valence-corrected chi connectivity index (χ2v) is 8.80. The molecule has 0 unspecified atom stereocenters. The molecule has 8 heteroatoms. The Morgan fingerprint density at radius 1 is 1.00 bits per heavy atom. The van der Waals surface area contributed by atoms with Crippen molar-refractivity contribution in [3.63, 3.8) is 0 Å². The van der Waals surface area contributed by atoms with Crippen molar-refractivity contribution in [1.29, 1.82) is 0 Å². The smallest absolute Gasteiger partial charge is 0.255 e. The summed E-state index contributed by atoms with van der Waals surface area (Å²) in [7, 11) is -3.74. The fraction of sp³-hybridized carbons (Fsp3) is 0.316. The number of sulfonamides is 1. The fourth-order valence-electron chi connectivity index (χ4n) is 2.98. The van der Waals surface area contributed by atoms with Crippen LogP contribution in [0, 0.1) is 5.82 Å². The number of hydrogen-bond donors (Lipinski definition) is 1. The monoisotopic (exact) mass is 410 g/mol. The van der Waals surface area contributed by atoms with E-state index in [0.717, 1.165) is 31.7 Å². The number of anilines is 1. The molecule has 1 saturated heterocycles. The first-order chi connectivity index (χ1) is 12.9. The van der Waals surface area contributed by atoms with E-state index in [0.29, 0.717) is 23.7 Å². The Bertz CT molecular complexity index is 924. The Morgan fingerprint density at radius 3 is 2.22 bits per heavy atom. The fourth-order valence-corrected chi connectivity index (χ4v) is 4.64. The van der Waals surface area contributed by atoms with Gasteiger partial charge in [0, 0.05) is 23.7 Å². The Morgan fingerprint density at radius 2 is 1.63 bits per heavy atom. The molecule has 0 aromatic heterocycles. The summed E-state index contributed by atoms with van der Waals surface area (Å²) >= 11 is 5.78. The van der Waals surface area contributed by atoms with Gasteiger partial charge >= 0.3 is 0 Å². The van der Waals surface area contributed by atoms with Crippen LogP contribution in [0.2, 0.25) is 5.02 Å². The summed E-state index contributed by atoms with van der Waals surface area (Å²) < 4.78 is 41.3. The molecular formula is C19H20ClFN2O3S. The van der Waals surface area contributed by atoms with Crippen molar-refractivity contribution in [3.05, 3.63) is 58.9 Å². The van der Waals surface area contributed by atoms with E-state index in [2.05, 4.69) is 5.32 Å². The number of amides is 1. The van der Waals surface area contributed by atoms with E-state index in [-0.39, 0.29) is 10.6 Å². The predicted molar refractivity (Wildman–Crippen MR) is 103 cm³/mol. The third-order valence-electron chi connectivity index (χ3n) is 4.50. The van der Waals surface area contributed by atoms with Crippen LogP contribution < -0.4 is 5.32 Å². The Hall–Kier alpha value is -1.96. The largest absolute Gasteiger partial charge is 0.319 e. The standard InChI is InChI=1S/C19H20ClFN2O3S/c20-15-7-5-14(6-8-15)19(24)22-18-10-9-16(13-17(18)21)27(25,26)23-11-3-1-2-4-12-23/h5-10,13H,1-4,11-12H2,(H,22,24). The zero-order chi connectivity index (χ0) is 19.4. The van der Waals surface area contributed by atoms with Crippen LogP contribution >= 0.6 is 11.6 Å². The third-order valence-corrected chi connectivity index (χ3v) is 6.64. The molecule has 0 spiro atoms. The predicted octanol–water partition coefficient (Wildman–Crippen LogP) is 4.30. The summed E-state index contributed by atoms with van der Waals surface area (Å²) in [4.78, 5) is 12.1. The van der Waals surface area contributed by atoms with Crippen LogP contribution in [0.4, 0.5) is 10.1 Å². The maximum atomic E-state index is 14.4. The number of halogens is 2. The molecule has 0 aliphatic carbocycles. The zero-order valence-corrected chi connectivity index (χ0v) is 16.2. The molecule has 1 fully saturated rings. The Balaban J connectivity index is 1.78. The molecule has 144 valence electrons. The molecule has 3 rings (SSSR count). The average molecular weight is 411 g/mol. The van der Waals surface area contributed by atoms with Gasteiger partial charge in [-0.15, -0.1) is 0 Å². The van der Waals surface area contributed by atoms with Crippen LogP contribution in [0.5, 0.6) is 0 Å². The van der Waals surface area contributed by atoms with E-state index < -0.39 is 21.7 Å². The number of carbonyl (C=O) groups is 1. The van der Waals surface area contributed by atoms with Crippen molar-refractivity contribution >= 4 is 33.2 Å². The van der Waals surface area contributed by atoms with Gasteiger partial charge in [0.15, 0.2) is 0 Å². The lowest BCUT2D eigenvalue weighted by atomic mass is 10.2. The maximum absolute atomic E-state index is 14.4. The quantitative estimate of drug-likeness (QED) is 0.817. The summed E-state index contributed by atoms with van der Waals surface area (Å²) in [6.07, 6.45) is 3.60. The second-order valence-electron chi connectivity index (χ2n) is 6.42. The van der Waals surface area contributed by atoms with Crippen molar-refractivity contribution in [3.8, 4) is 0 Å². The van der Waals surface area contributed by atoms with E-state index >= 15 is 0 Å². The molecule has 0 bridgehead atoms. The Labute approximate surface area is 163 Å². The van der Waals surface area contributed by atoms with Crippen molar-refractivity contribution in [2.45, 2.75) is 30.6 Å². The van der Waals surface area contributed by atoms with Gasteiger partial charge in [-0.3, -0.25) is 4.79 Å². The van der Waals surface area contributed by atoms with Crippen molar-refractivity contribution < 1.29 is 17.6 Å².